The lowest BCUT2D eigenvalue weighted by Crippen LogP contribution is -1.89. The minimum Gasteiger partial charge on any atom is -0.398 e. The molecule has 0 saturated carbocycles. The zero-order valence-electron chi connectivity index (χ0n) is 11.3. The second-order valence-electron chi connectivity index (χ2n) is 4.65. The van der Waals surface area contributed by atoms with Crippen LogP contribution >= 0.6 is 27.7 Å². The monoisotopic (exact) mass is 329 g/mol. The van der Waals surface area contributed by atoms with Crippen LogP contribution in [0.25, 0.3) is 0 Å². The first-order valence-corrected chi connectivity index (χ1v) is 8.69. The molecular weight excluding hydrogens is 306 g/mol. The second kappa shape index (κ2) is 9.74. The van der Waals surface area contributed by atoms with Crippen molar-refractivity contribution in [1.82, 2.24) is 0 Å². The van der Waals surface area contributed by atoms with E-state index in [0.717, 1.165) is 10.2 Å². The summed E-state index contributed by atoms with van der Waals surface area (Å²) in [7, 11) is 0. The lowest BCUT2D eigenvalue weighted by molar-refractivity contribution is 0.603. The topological polar surface area (TPSA) is 26.0 Å². The first kappa shape index (κ1) is 15.9. The van der Waals surface area contributed by atoms with Crippen molar-refractivity contribution >= 4 is 33.4 Å². The molecule has 0 spiro atoms. The van der Waals surface area contributed by atoms with Gasteiger partial charge in [-0.1, -0.05) is 61.4 Å². The predicted molar refractivity (Wildman–Crippen MR) is 87.3 cm³/mol. The van der Waals surface area contributed by atoms with Gasteiger partial charge >= 0.3 is 0 Å². The molecule has 0 bridgehead atoms. The summed E-state index contributed by atoms with van der Waals surface area (Å²) in [4.78, 5) is 1.20. The van der Waals surface area contributed by atoms with Crippen LogP contribution in [0.15, 0.2) is 27.6 Å². The molecule has 0 atom stereocenters. The fourth-order valence-corrected chi connectivity index (χ4v) is 3.40. The maximum atomic E-state index is 5.94. The van der Waals surface area contributed by atoms with E-state index < -0.39 is 0 Å². The maximum Gasteiger partial charge on any atom is 0.0453 e. The summed E-state index contributed by atoms with van der Waals surface area (Å²) in [6, 6.07) is 6.07. The highest BCUT2D eigenvalue weighted by molar-refractivity contribution is 9.10. The van der Waals surface area contributed by atoms with Crippen LogP contribution in [0, 0.1) is 0 Å². The zero-order valence-corrected chi connectivity index (χ0v) is 13.7. The minimum absolute atomic E-state index is 0.895. The van der Waals surface area contributed by atoms with E-state index in [4.69, 9.17) is 5.73 Å². The van der Waals surface area contributed by atoms with E-state index in [9.17, 15) is 0 Å². The summed E-state index contributed by atoms with van der Waals surface area (Å²) in [5, 5.41) is 0. The number of anilines is 1. The number of nitrogens with two attached hydrogens (primary N) is 1. The van der Waals surface area contributed by atoms with Gasteiger partial charge in [-0.2, -0.15) is 0 Å². The Balaban J connectivity index is 2.09. The standard InChI is InChI=1S/C15H24BrNS/c1-2-3-4-5-6-7-8-11-18-15-12-13(16)9-10-14(15)17/h9-10,12H,2-8,11,17H2,1H3. The normalized spacial score (nSPS) is 10.8. The number of unbranched alkanes of at least 4 members (excludes halogenated alkanes) is 6. The van der Waals surface area contributed by atoms with E-state index in [2.05, 4.69) is 28.9 Å². The van der Waals surface area contributed by atoms with Crippen molar-refractivity contribution in [3.8, 4) is 0 Å². The molecule has 1 aromatic carbocycles. The van der Waals surface area contributed by atoms with Crippen LogP contribution in [0.1, 0.15) is 51.9 Å². The Hall–Kier alpha value is -0.150. The molecule has 0 aromatic heterocycles. The molecule has 0 aliphatic carbocycles. The Morgan fingerprint density at radius 1 is 1.06 bits per heavy atom. The van der Waals surface area contributed by atoms with E-state index >= 15 is 0 Å². The van der Waals surface area contributed by atoms with Crippen molar-refractivity contribution in [1.29, 1.82) is 0 Å². The number of halogens is 1. The highest BCUT2D eigenvalue weighted by Gasteiger charge is 2.00. The van der Waals surface area contributed by atoms with Gasteiger partial charge < -0.3 is 5.73 Å². The van der Waals surface area contributed by atoms with E-state index in [0.29, 0.717) is 0 Å². The van der Waals surface area contributed by atoms with Crippen LogP contribution in [0.3, 0.4) is 0 Å². The summed E-state index contributed by atoms with van der Waals surface area (Å²) < 4.78 is 1.11. The Kier molecular flexibility index (Phi) is 8.60. The predicted octanol–water partition coefficient (Wildman–Crippen LogP) is 5.87. The molecule has 3 heteroatoms. The van der Waals surface area contributed by atoms with Gasteiger partial charge in [0.2, 0.25) is 0 Å². The van der Waals surface area contributed by atoms with Crippen molar-refractivity contribution in [3.63, 3.8) is 0 Å². The van der Waals surface area contributed by atoms with Crippen LogP contribution in [0.5, 0.6) is 0 Å². The third-order valence-electron chi connectivity index (χ3n) is 2.98. The molecule has 0 amide bonds. The van der Waals surface area contributed by atoms with Crippen molar-refractivity contribution in [2.45, 2.75) is 56.8 Å². The van der Waals surface area contributed by atoms with Gasteiger partial charge in [-0.25, -0.2) is 0 Å². The molecule has 0 radical (unpaired) electrons. The van der Waals surface area contributed by atoms with Gasteiger partial charge in [0, 0.05) is 15.1 Å². The summed E-state index contributed by atoms with van der Waals surface area (Å²) >= 11 is 5.36. The first-order chi connectivity index (χ1) is 8.74. The Morgan fingerprint density at radius 2 is 1.72 bits per heavy atom. The highest BCUT2D eigenvalue weighted by atomic mass is 79.9. The van der Waals surface area contributed by atoms with Crippen LogP contribution < -0.4 is 5.73 Å². The summed E-state index contributed by atoms with van der Waals surface area (Å²) in [6.07, 6.45) is 9.56. The largest absolute Gasteiger partial charge is 0.398 e. The van der Waals surface area contributed by atoms with Crippen LogP contribution in [0.2, 0.25) is 0 Å². The molecule has 0 unspecified atom stereocenters. The van der Waals surface area contributed by atoms with E-state index in [1.165, 1.54) is 55.6 Å². The fraction of sp³-hybridized carbons (Fsp3) is 0.600. The molecular formula is C15H24BrNS. The number of hydrogen-bond acceptors (Lipinski definition) is 2. The van der Waals surface area contributed by atoms with Crippen LogP contribution in [-0.4, -0.2) is 5.75 Å². The summed E-state index contributed by atoms with van der Waals surface area (Å²) in [5.41, 5.74) is 6.84. The lowest BCUT2D eigenvalue weighted by atomic mass is 10.1. The Bertz CT molecular complexity index is 341. The van der Waals surface area contributed by atoms with E-state index in [-0.39, 0.29) is 0 Å². The van der Waals surface area contributed by atoms with Crippen LogP contribution in [-0.2, 0) is 0 Å². The Labute approximate surface area is 124 Å². The average molecular weight is 330 g/mol. The quantitative estimate of drug-likeness (QED) is 0.348. The average Bonchev–Trinajstić information content (AvgIpc) is 2.36. The number of hydrogen-bond donors (Lipinski definition) is 1. The molecule has 0 fully saturated rings. The molecule has 0 heterocycles. The third kappa shape index (κ3) is 6.69. The van der Waals surface area contributed by atoms with Gasteiger partial charge in [0.15, 0.2) is 0 Å². The SMILES string of the molecule is CCCCCCCCCSc1cc(Br)ccc1N. The number of thioether (sulfide) groups is 1. The van der Waals surface area contributed by atoms with Gasteiger partial charge in [0.05, 0.1) is 0 Å². The smallest absolute Gasteiger partial charge is 0.0453 e. The second-order valence-corrected chi connectivity index (χ2v) is 6.70. The van der Waals surface area contributed by atoms with Gasteiger partial charge in [0.25, 0.3) is 0 Å². The lowest BCUT2D eigenvalue weighted by Gasteiger charge is -2.06. The minimum atomic E-state index is 0.895. The molecule has 102 valence electrons. The van der Waals surface area contributed by atoms with Gasteiger partial charge in [-0.05, 0) is 30.4 Å². The van der Waals surface area contributed by atoms with Crippen LogP contribution in [0.4, 0.5) is 5.69 Å². The van der Waals surface area contributed by atoms with E-state index in [1.807, 2.05) is 23.9 Å². The van der Waals surface area contributed by atoms with Crippen molar-refractivity contribution in [2.24, 2.45) is 0 Å². The number of nitrogen functional groups attached to an aromatic ring is 1. The molecule has 18 heavy (non-hydrogen) atoms. The summed E-state index contributed by atoms with van der Waals surface area (Å²) in [5.74, 6) is 1.18. The van der Waals surface area contributed by atoms with Gasteiger partial charge in [0.1, 0.15) is 0 Å². The molecule has 0 aliphatic rings. The maximum absolute atomic E-state index is 5.94. The Morgan fingerprint density at radius 3 is 2.44 bits per heavy atom. The fourth-order valence-electron chi connectivity index (χ4n) is 1.87. The van der Waals surface area contributed by atoms with Crippen molar-refractivity contribution in [3.05, 3.63) is 22.7 Å². The molecule has 0 saturated heterocycles. The first-order valence-electron chi connectivity index (χ1n) is 6.92. The number of rotatable bonds is 9. The summed E-state index contributed by atoms with van der Waals surface area (Å²) in [6.45, 7) is 2.26. The van der Waals surface area contributed by atoms with E-state index in [1.54, 1.807) is 0 Å². The van der Waals surface area contributed by atoms with Gasteiger partial charge in [-0.3, -0.25) is 0 Å². The van der Waals surface area contributed by atoms with Gasteiger partial charge in [-0.15, -0.1) is 11.8 Å². The highest BCUT2D eigenvalue weighted by Crippen LogP contribution is 2.29. The number of benzene rings is 1. The molecule has 0 aliphatic heterocycles. The third-order valence-corrected chi connectivity index (χ3v) is 4.63. The zero-order chi connectivity index (χ0) is 13.2. The molecule has 1 rings (SSSR count). The van der Waals surface area contributed by atoms with Crippen molar-refractivity contribution < 1.29 is 0 Å². The molecule has 2 N–H and O–H groups in total. The van der Waals surface area contributed by atoms with Crippen molar-refractivity contribution in [2.75, 3.05) is 11.5 Å². The molecule has 1 aromatic rings. The molecule has 1 nitrogen and oxygen atoms in total.